The fourth-order valence-corrected chi connectivity index (χ4v) is 6.01. The van der Waals surface area contributed by atoms with Crippen LogP contribution in [0.4, 0.5) is 22.1 Å². The van der Waals surface area contributed by atoms with E-state index < -0.39 is 16.9 Å². The average molecular weight is 492 g/mol. The van der Waals surface area contributed by atoms with Gasteiger partial charge < -0.3 is 15.7 Å². The Balaban J connectivity index is 1.77. The van der Waals surface area contributed by atoms with Crippen LogP contribution in [-0.2, 0) is 0 Å². The predicted molar refractivity (Wildman–Crippen MR) is 135 cm³/mol. The molecule has 1 fully saturated rings. The second-order valence-electron chi connectivity index (χ2n) is 8.17. The number of rotatable bonds is 5. The Bertz CT molecular complexity index is 1050. The monoisotopic (exact) mass is 491 g/mol. The average Bonchev–Trinajstić information content (AvgIpc) is 3.25. The molecule has 9 nitrogen and oxygen atoms in total. The van der Waals surface area contributed by atoms with Crippen LogP contribution in [0.2, 0.25) is 5.02 Å². The van der Waals surface area contributed by atoms with E-state index in [1.54, 1.807) is 6.92 Å². The molecule has 1 aromatic heterocycles. The van der Waals surface area contributed by atoms with Gasteiger partial charge in [0.05, 0.1) is 10.7 Å². The quantitative estimate of drug-likeness (QED) is 0.615. The van der Waals surface area contributed by atoms with Crippen molar-refractivity contribution in [2.45, 2.75) is 33.4 Å². The van der Waals surface area contributed by atoms with Gasteiger partial charge in [0.2, 0.25) is 0 Å². The molecule has 0 bridgehead atoms. The second-order valence-corrected chi connectivity index (χ2v) is 10.4. The lowest BCUT2D eigenvalue weighted by Crippen LogP contribution is -2.50. The number of carbonyl (C=O) groups excluding carboxylic acids is 1. The number of aliphatic hydroxyl groups is 1. The first-order valence-electron chi connectivity index (χ1n) is 11.0. The first kappa shape index (κ1) is 23.9. The first-order chi connectivity index (χ1) is 15.8. The van der Waals surface area contributed by atoms with E-state index in [2.05, 4.69) is 9.88 Å². The summed E-state index contributed by atoms with van der Waals surface area (Å²) in [5.74, 6) is 2.07. The third-order valence-electron chi connectivity index (χ3n) is 5.85. The third-order valence-corrected chi connectivity index (χ3v) is 7.92. The number of amides is 1. The van der Waals surface area contributed by atoms with E-state index in [0.29, 0.717) is 23.2 Å². The van der Waals surface area contributed by atoms with Crippen molar-refractivity contribution >= 4 is 50.2 Å². The number of halogens is 1. The smallest absolute Gasteiger partial charge is 0.286 e. The van der Waals surface area contributed by atoms with Crippen LogP contribution in [0.3, 0.4) is 0 Å². The largest absolute Gasteiger partial charge is 0.379 e. The molecule has 2 atom stereocenters. The molecule has 0 saturated carbocycles. The normalized spacial score (nSPS) is 20.5. The number of carbonyl (C=O) groups is 1. The van der Waals surface area contributed by atoms with Crippen LogP contribution in [-0.4, -0.2) is 73.9 Å². The van der Waals surface area contributed by atoms with Crippen molar-refractivity contribution in [3.8, 4) is 0 Å². The van der Waals surface area contributed by atoms with Crippen LogP contribution in [0.5, 0.6) is 0 Å². The van der Waals surface area contributed by atoms with Crippen molar-refractivity contribution in [2.24, 2.45) is 5.73 Å². The van der Waals surface area contributed by atoms with Gasteiger partial charge in [0.1, 0.15) is 17.9 Å². The minimum absolute atomic E-state index is 0.387. The number of aromatic nitrogens is 2. The summed E-state index contributed by atoms with van der Waals surface area (Å²) in [6.45, 7) is 9.24. The van der Waals surface area contributed by atoms with Crippen molar-refractivity contribution in [1.29, 1.82) is 0 Å². The summed E-state index contributed by atoms with van der Waals surface area (Å²) in [5, 5.41) is 13.9. The van der Waals surface area contributed by atoms with Gasteiger partial charge in [0.25, 0.3) is 5.24 Å². The molecule has 2 unspecified atom stereocenters. The van der Waals surface area contributed by atoms with Gasteiger partial charge in [-0.25, -0.2) is 15.0 Å². The number of anilines is 3. The van der Waals surface area contributed by atoms with Gasteiger partial charge in [0, 0.05) is 38.8 Å². The number of nitrogens with two attached hydrogens (primary N) is 1. The van der Waals surface area contributed by atoms with Crippen molar-refractivity contribution in [2.75, 3.05) is 42.6 Å². The minimum Gasteiger partial charge on any atom is -0.379 e. The van der Waals surface area contributed by atoms with Crippen molar-refractivity contribution in [3.63, 3.8) is 0 Å². The number of nitrogens with zero attached hydrogens (tertiary/aromatic N) is 6. The highest BCUT2D eigenvalue weighted by atomic mass is 35.5. The Kier molecular flexibility index (Phi) is 7.20. The van der Waals surface area contributed by atoms with Gasteiger partial charge in [-0.3, -0.25) is 9.69 Å². The Morgan fingerprint density at radius 3 is 2.58 bits per heavy atom. The lowest BCUT2D eigenvalue weighted by Gasteiger charge is -2.38. The Morgan fingerprint density at radius 2 is 1.94 bits per heavy atom. The summed E-state index contributed by atoms with van der Waals surface area (Å²) in [6, 6.07) is 7.67. The van der Waals surface area contributed by atoms with Crippen LogP contribution in [0.1, 0.15) is 24.7 Å². The molecule has 1 amide bonds. The Labute approximate surface area is 201 Å². The maximum absolute atomic E-state index is 12.3. The SMILES string of the molecule is Cc1nc(N2CCN(C(C)O)CC2)cc(N(c2c(C)cccc2Cl)N2CCC=S2C(N)=O)n1. The van der Waals surface area contributed by atoms with Crippen LogP contribution in [0, 0.1) is 13.8 Å². The van der Waals surface area contributed by atoms with Crippen LogP contribution < -0.4 is 15.6 Å². The van der Waals surface area contributed by atoms with Gasteiger partial charge in [-0.2, -0.15) is 4.41 Å². The van der Waals surface area contributed by atoms with Crippen LogP contribution in [0.15, 0.2) is 24.3 Å². The number of aryl methyl sites for hydroxylation is 2. The van der Waals surface area contributed by atoms with Crippen LogP contribution >= 0.6 is 22.3 Å². The van der Waals surface area contributed by atoms with E-state index in [1.807, 2.05) is 57.8 Å². The predicted octanol–water partition coefficient (Wildman–Crippen LogP) is 3.03. The zero-order valence-corrected chi connectivity index (χ0v) is 20.7. The number of benzene rings is 1. The van der Waals surface area contributed by atoms with Gasteiger partial charge in [-0.1, -0.05) is 23.7 Å². The topological polar surface area (TPSA) is 102 Å². The Morgan fingerprint density at radius 1 is 1.21 bits per heavy atom. The molecule has 1 saturated heterocycles. The molecule has 178 valence electrons. The zero-order valence-electron chi connectivity index (χ0n) is 19.1. The molecule has 3 N–H and O–H groups in total. The highest BCUT2D eigenvalue weighted by Gasteiger charge is 2.31. The number of aliphatic hydroxyl groups excluding tert-OH is 1. The molecule has 33 heavy (non-hydrogen) atoms. The number of hydrogen-bond acceptors (Lipinski definition) is 8. The van der Waals surface area contributed by atoms with Crippen molar-refractivity contribution < 1.29 is 9.90 Å². The summed E-state index contributed by atoms with van der Waals surface area (Å²) in [6.07, 6.45) is 0.274. The molecule has 2 aliphatic rings. The number of hydrazine groups is 1. The third kappa shape index (κ3) is 4.99. The van der Waals surface area contributed by atoms with E-state index in [0.717, 1.165) is 49.7 Å². The number of hydrogen-bond donors (Lipinski definition) is 2. The minimum atomic E-state index is -0.886. The summed E-state index contributed by atoms with van der Waals surface area (Å²) < 4.78 is 1.95. The summed E-state index contributed by atoms with van der Waals surface area (Å²) in [5.41, 5.74) is 7.49. The molecule has 0 aliphatic carbocycles. The van der Waals surface area contributed by atoms with E-state index in [-0.39, 0.29) is 5.24 Å². The van der Waals surface area contributed by atoms with Gasteiger partial charge >= 0.3 is 0 Å². The van der Waals surface area contributed by atoms with E-state index in [4.69, 9.17) is 22.3 Å². The fourth-order valence-electron chi connectivity index (χ4n) is 4.20. The molecule has 3 heterocycles. The fraction of sp³-hybridized carbons (Fsp3) is 0.455. The van der Waals surface area contributed by atoms with Crippen molar-refractivity contribution in [1.82, 2.24) is 19.3 Å². The molecule has 0 radical (unpaired) electrons. The summed E-state index contributed by atoms with van der Waals surface area (Å²) in [7, 11) is -0.886. The maximum Gasteiger partial charge on any atom is 0.286 e. The maximum atomic E-state index is 12.3. The van der Waals surface area contributed by atoms with E-state index in [1.165, 1.54) is 0 Å². The standard InChI is InChI=1S/C22H30ClN7O2S/c1-15-6-4-7-18(23)21(15)30(29-8-5-13-33(29)22(24)32)20-14-19(25-16(2)26-20)28-11-9-27(10-12-28)17(3)31/h4,6-7,13-14,17,31H,5,8-12H2,1-3H3,(H2,24,32). The molecule has 11 heteroatoms. The van der Waals surface area contributed by atoms with E-state index in [9.17, 15) is 9.90 Å². The lowest BCUT2D eigenvalue weighted by atomic mass is 10.2. The highest BCUT2D eigenvalue weighted by molar-refractivity contribution is 8.25. The molecule has 1 aromatic carbocycles. The molecule has 2 aromatic rings. The van der Waals surface area contributed by atoms with Crippen molar-refractivity contribution in [3.05, 3.63) is 40.7 Å². The summed E-state index contributed by atoms with van der Waals surface area (Å²) >= 11 is 6.68. The second kappa shape index (κ2) is 9.94. The molecular formula is C22H30ClN7O2S. The zero-order chi connectivity index (χ0) is 23.7. The number of para-hydroxylation sites is 1. The van der Waals surface area contributed by atoms with Gasteiger partial charge in [-0.15, -0.1) is 0 Å². The summed E-state index contributed by atoms with van der Waals surface area (Å²) in [4.78, 5) is 25.9. The lowest BCUT2D eigenvalue weighted by molar-refractivity contribution is 0.0152. The highest BCUT2D eigenvalue weighted by Crippen LogP contribution is 2.41. The van der Waals surface area contributed by atoms with Gasteiger partial charge in [0.15, 0.2) is 5.82 Å². The Hall–Kier alpha value is -2.24. The first-order valence-corrected chi connectivity index (χ1v) is 12.6. The molecule has 0 spiro atoms. The number of piperazine rings is 1. The molecule has 2 aliphatic heterocycles. The van der Waals surface area contributed by atoms with E-state index >= 15 is 0 Å². The van der Waals surface area contributed by atoms with Gasteiger partial charge in [-0.05, 0) is 54.9 Å². The van der Waals surface area contributed by atoms with Crippen LogP contribution in [0.25, 0.3) is 0 Å². The number of primary amides is 1. The molecular weight excluding hydrogens is 462 g/mol. The molecule has 4 rings (SSSR count).